The van der Waals surface area contributed by atoms with Gasteiger partial charge in [-0.1, -0.05) is 48.5 Å². The molecule has 0 saturated carbocycles. The number of alkyl carbamates (subject to hydrolysis) is 1. The van der Waals surface area contributed by atoms with E-state index in [9.17, 15) is 14.4 Å². The highest BCUT2D eigenvalue weighted by molar-refractivity contribution is 5.86. The predicted octanol–water partition coefficient (Wildman–Crippen LogP) is 2.21. The highest BCUT2D eigenvalue weighted by atomic mass is 16.5. The number of aliphatic hydroxyl groups is 1. The fourth-order valence-corrected chi connectivity index (χ4v) is 3.83. The lowest BCUT2D eigenvalue weighted by Crippen LogP contribution is -2.48. The van der Waals surface area contributed by atoms with Gasteiger partial charge in [0.05, 0.1) is 6.61 Å². The second-order valence-corrected chi connectivity index (χ2v) is 7.44. The normalized spacial score (nSPS) is 13.1. The second kappa shape index (κ2) is 10.1. The Labute approximate surface area is 180 Å². The highest BCUT2D eigenvalue weighted by Gasteiger charge is 2.30. The summed E-state index contributed by atoms with van der Waals surface area (Å²) in [6, 6.07) is 14.8. The number of hydrogen-bond acceptors (Lipinski definition) is 5. The number of aliphatic hydroxyl groups excluding tert-OH is 1. The molecule has 164 valence electrons. The van der Waals surface area contributed by atoms with Gasteiger partial charge in [0.25, 0.3) is 0 Å². The number of nitrogens with one attached hydrogen (secondary N) is 1. The van der Waals surface area contributed by atoms with E-state index in [1.807, 2.05) is 48.5 Å². The van der Waals surface area contributed by atoms with Crippen molar-refractivity contribution < 1.29 is 29.3 Å². The third-order valence-electron chi connectivity index (χ3n) is 5.39. The molecule has 1 aliphatic rings. The van der Waals surface area contributed by atoms with Crippen LogP contribution >= 0.6 is 0 Å². The summed E-state index contributed by atoms with van der Waals surface area (Å²) in [4.78, 5) is 37.2. The number of likely N-dealkylation sites (N-methyl/N-ethyl adjacent to an activating group) is 1. The lowest BCUT2D eigenvalue weighted by Gasteiger charge is -2.24. The second-order valence-electron chi connectivity index (χ2n) is 7.44. The Morgan fingerprint density at radius 3 is 2.19 bits per heavy atom. The van der Waals surface area contributed by atoms with Gasteiger partial charge in [-0.05, 0) is 28.7 Å². The molecule has 2 aromatic rings. The van der Waals surface area contributed by atoms with Crippen molar-refractivity contribution in [1.82, 2.24) is 10.2 Å². The average Bonchev–Trinajstić information content (AvgIpc) is 3.08. The quantitative estimate of drug-likeness (QED) is 0.566. The van der Waals surface area contributed by atoms with Crippen molar-refractivity contribution in [1.29, 1.82) is 0 Å². The average molecular weight is 426 g/mol. The number of nitrogens with zero attached hydrogens (tertiary/aromatic N) is 1. The lowest BCUT2D eigenvalue weighted by molar-refractivity contribution is -0.137. The van der Waals surface area contributed by atoms with Crippen molar-refractivity contribution in [2.24, 2.45) is 0 Å². The SMILES string of the molecule is CN(CCO)C(=O)C(CCC(=O)O)NC(=O)OCC1c2ccccc2-c2ccccc21. The minimum Gasteiger partial charge on any atom is -0.481 e. The zero-order chi connectivity index (χ0) is 22.4. The molecule has 3 rings (SSSR count). The van der Waals surface area contributed by atoms with E-state index in [4.69, 9.17) is 14.9 Å². The molecule has 0 aromatic heterocycles. The molecule has 2 aromatic carbocycles. The summed E-state index contributed by atoms with van der Waals surface area (Å²) < 4.78 is 5.45. The molecule has 3 N–H and O–H groups in total. The number of carboxylic acids is 1. The van der Waals surface area contributed by atoms with Crippen LogP contribution in [0.1, 0.15) is 29.9 Å². The number of carbonyl (C=O) groups excluding carboxylic acids is 2. The van der Waals surface area contributed by atoms with Gasteiger partial charge in [-0.2, -0.15) is 0 Å². The van der Waals surface area contributed by atoms with Gasteiger partial charge in [-0.25, -0.2) is 4.79 Å². The Morgan fingerprint density at radius 1 is 1.06 bits per heavy atom. The van der Waals surface area contributed by atoms with E-state index in [2.05, 4.69) is 5.32 Å². The molecule has 1 aliphatic carbocycles. The van der Waals surface area contributed by atoms with Crippen molar-refractivity contribution in [2.45, 2.75) is 24.8 Å². The van der Waals surface area contributed by atoms with Gasteiger partial charge < -0.3 is 25.2 Å². The van der Waals surface area contributed by atoms with E-state index in [-0.39, 0.29) is 38.5 Å². The van der Waals surface area contributed by atoms with E-state index >= 15 is 0 Å². The minimum atomic E-state index is -1.07. The summed E-state index contributed by atoms with van der Waals surface area (Å²) in [5.74, 6) is -1.68. The van der Waals surface area contributed by atoms with Gasteiger partial charge in [0, 0.05) is 25.9 Å². The number of aliphatic carboxylic acids is 1. The number of benzene rings is 2. The van der Waals surface area contributed by atoms with Crippen LogP contribution in [0.3, 0.4) is 0 Å². The van der Waals surface area contributed by atoms with Crippen LogP contribution in [0.15, 0.2) is 48.5 Å². The summed E-state index contributed by atoms with van der Waals surface area (Å²) in [5, 5.41) is 20.5. The molecular formula is C23H26N2O6. The topological polar surface area (TPSA) is 116 Å². The first-order valence-electron chi connectivity index (χ1n) is 10.1. The summed E-state index contributed by atoms with van der Waals surface area (Å²) in [5.41, 5.74) is 4.34. The van der Waals surface area contributed by atoms with Crippen LogP contribution in [-0.2, 0) is 14.3 Å². The third kappa shape index (κ3) is 5.21. The van der Waals surface area contributed by atoms with Gasteiger partial charge in [-0.3, -0.25) is 9.59 Å². The number of carboxylic acid groups (broad SMARTS) is 1. The van der Waals surface area contributed by atoms with Crippen LogP contribution in [0.25, 0.3) is 11.1 Å². The highest BCUT2D eigenvalue weighted by Crippen LogP contribution is 2.44. The molecule has 0 bridgehead atoms. The van der Waals surface area contributed by atoms with Crippen LogP contribution in [0.5, 0.6) is 0 Å². The molecule has 0 aliphatic heterocycles. The zero-order valence-electron chi connectivity index (χ0n) is 17.3. The lowest BCUT2D eigenvalue weighted by atomic mass is 9.98. The Balaban J connectivity index is 1.67. The molecule has 1 unspecified atom stereocenters. The number of hydrogen-bond donors (Lipinski definition) is 3. The predicted molar refractivity (Wildman–Crippen MR) is 114 cm³/mol. The first kappa shape index (κ1) is 22.3. The van der Waals surface area contributed by atoms with Gasteiger partial charge in [-0.15, -0.1) is 0 Å². The summed E-state index contributed by atoms with van der Waals surface area (Å²) in [7, 11) is 1.48. The van der Waals surface area contributed by atoms with Crippen molar-refractivity contribution in [2.75, 3.05) is 26.8 Å². The van der Waals surface area contributed by atoms with Crippen LogP contribution in [0.4, 0.5) is 4.79 Å². The standard InChI is InChI=1S/C23H26N2O6/c1-25(12-13-26)22(29)20(10-11-21(27)28)24-23(30)31-14-19-17-8-4-2-6-15(17)16-7-3-5-9-18(16)19/h2-9,19-20,26H,10-14H2,1H3,(H,24,30)(H,27,28). The maximum absolute atomic E-state index is 12.5. The molecule has 31 heavy (non-hydrogen) atoms. The van der Waals surface area contributed by atoms with E-state index in [1.165, 1.54) is 11.9 Å². The van der Waals surface area contributed by atoms with Gasteiger partial charge in [0.2, 0.25) is 5.91 Å². The maximum atomic E-state index is 12.5. The van der Waals surface area contributed by atoms with Crippen LogP contribution in [0, 0.1) is 0 Å². The largest absolute Gasteiger partial charge is 0.481 e. The Hall–Kier alpha value is -3.39. The van der Waals surface area contributed by atoms with Crippen molar-refractivity contribution in [3.8, 4) is 11.1 Å². The first-order valence-corrected chi connectivity index (χ1v) is 10.1. The van der Waals surface area contributed by atoms with Crippen LogP contribution in [-0.4, -0.2) is 65.9 Å². The van der Waals surface area contributed by atoms with Gasteiger partial charge in [0.15, 0.2) is 0 Å². The van der Waals surface area contributed by atoms with Crippen molar-refractivity contribution in [3.05, 3.63) is 59.7 Å². The zero-order valence-corrected chi connectivity index (χ0v) is 17.3. The Bertz CT molecular complexity index is 915. The first-order chi connectivity index (χ1) is 14.9. The van der Waals surface area contributed by atoms with E-state index in [1.54, 1.807) is 0 Å². The Kier molecular flexibility index (Phi) is 7.25. The fraction of sp³-hybridized carbons (Fsp3) is 0.348. The molecule has 0 fully saturated rings. The van der Waals surface area contributed by atoms with Crippen LogP contribution in [0.2, 0.25) is 0 Å². The van der Waals surface area contributed by atoms with Crippen LogP contribution < -0.4 is 5.32 Å². The molecule has 1 atom stereocenters. The van der Waals surface area contributed by atoms with E-state index < -0.39 is 24.0 Å². The van der Waals surface area contributed by atoms with Crippen molar-refractivity contribution >= 4 is 18.0 Å². The molecule has 2 amide bonds. The summed E-state index contributed by atoms with van der Waals surface area (Å²) in [6.07, 6.45) is -1.15. The molecule has 0 heterocycles. The number of amides is 2. The molecule has 0 radical (unpaired) electrons. The summed E-state index contributed by atoms with van der Waals surface area (Å²) >= 11 is 0. The van der Waals surface area contributed by atoms with E-state index in [0.29, 0.717) is 0 Å². The van der Waals surface area contributed by atoms with E-state index in [0.717, 1.165) is 22.3 Å². The number of carbonyl (C=O) groups is 3. The smallest absolute Gasteiger partial charge is 0.407 e. The number of ether oxygens (including phenoxy) is 1. The molecule has 8 nitrogen and oxygen atoms in total. The minimum absolute atomic E-state index is 0.0753. The third-order valence-corrected chi connectivity index (χ3v) is 5.39. The molecule has 0 spiro atoms. The monoisotopic (exact) mass is 426 g/mol. The molecule has 0 saturated heterocycles. The Morgan fingerprint density at radius 2 is 1.65 bits per heavy atom. The van der Waals surface area contributed by atoms with Gasteiger partial charge in [0.1, 0.15) is 12.6 Å². The number of rotatable bonds is 9. The maximum Gasteiger partial charge on any atom is 0.407 e. The number of fused-ring (bicyclic) bond motifs is 3. The van der Waals surface area contributed by atoms with Crippen molar-refractivity contribution in [3.63, 3.8) is 0 Å². The van der Waals surface area contributed by atoms with Gasteiger partial charge >= 0.3 is 12.1 Å². The molecular weight excluding hydrogens is 400 g/mol. The fourth-order valence-electron chi connectivity index (χ4n) is 3.83. The summed E-state index contributed by atoms with van der Waals surface area (Å²) in [6.45, 7) is -0.0697. The molecule has 8 heteroatoms.